The maximum Gasteiger partial charge on any atom is 0.142 e. The third kappa shape index (κ3) is 7.52. The fourth-order valence-corrected chi connectivity index (χ4v) is 1.16. The summed E-state index contributed by atoms with van der Waals surface area (Å²) < 4.78 is 0. The summed E-state index contributed by atoms with van der Waals surface area (Å²) in [5.74, 6) is 0.806. The van der Waals surface area contributed by atoms with Gasteiger partial charge in [0, 0.05) is 0 Å². The highest BCUT2D eigenvalue weighted by atomic mass is 16.1. The van der Waals surface area contributed by atoms with E-state index in [1.807, 2.05) is 6.92 Å². The van der Waals surface area contributed by atoms with Crippen molar-refractivity contribution in [3.63, 3.8) is 0 Å². The average Bonchev–Trinajstić information content (AvgIpc) is 1.98. The van der Waals surface area contributed by atoms with Gasteiger partial charge in [0.15, 0.2) is 0 Å². The molecular weight excluding hydrogens is 148 g/mol. The molecule has 0 unspecified atom stereocenters. The van der Waals surface area contributed by atoms with Gasteiger partial charge >= 0.3 is 0 Å². The number of hydrogen-bond donors (Lipinski definition) is 0. The van der Waals surface area contributed by atoms with E-state index in [4.69, 9.17) is 0 Å². The highest BCUT2D eigenvalue weighted by Gasteiger charge is 1.94. The standard InChI is InChI=1S/C11H20O/c1-10(2)6-4-5-7-11(3)8-9-12/h8-10H,4-7H2,1-3H3. The Balaban J connectivity index is 3.31. The Kier molecular flexibility index (Phi) is 6.73. The molecule has 0 aromatic carbocycles. The molecule has 0 aliphatic rings. The van der Waals surface area contributed by atoms with Crippen molar-refractivity contribution in [1.82, 2.24) is 0 Å². The third-order valence-corrected chi connectivity index (χ3v) is 1.96. The molecule has 1 heteroatoms. The molecule has 0 fully saturated rings. The van der Waals surface area contributed by atoms with E-state index in [1.54, 1.807) is 6.08 Å². The molecule has 70 valence electrons. The molecule has 1 nitrogen and oxygen atoms in total. The van der Waals surface area contributed by atoms with E-state index < -0.39 is 0 Å². The van der Waals surface area contributed by atoms with Gasteiger partial charge in [0.05, 0.1) is 0 Å². The van der Waals surface area contributed by atoms with Crippen molar-refractivity contribution >= 4 is 6.29 Å². The number of carbonyl (C=O) groups excluding carboxylic acids is 1. The first kappa shape index (κ1) is 11.4. The zero-order chi connectivity index (χ0) is 9.40. The van der Waals surface area contributed by atoms with Crippen LogP contribution in [0, 0.1) is 5.92 Å². The Morgan fingerprint density at radius 2 is 2.00 bits per heavy atom. The van der Waals surface area contributed by atoms with Crippen molar-refractivity contribution < 1.29 is 4.79 Å². The molecule has 0 aromatic heterocycles. The van der Waals surface area contributed by atoms with E-state index in [-0.39, 0.29) is 0 Å². The summed E-state index contributed by atoms with van der Waals surface area (Å²) in [6.45, 7) is 6.51. The van der Waals surface area contributed by atoms with Gasteiger partial charge in [0.1, 0.15) is 6.29 Å². The minimum absolute atomic E-state index is 0.806. The van der Waals surface area contributed by atoms with Crippen LogP contribution in [0.4, 0.5) is 0 Å². The lowest BCUT2D eigenvalue weighted by molar-refractivity contribution is -0.104. The summed E-state index contributed by atoms with van der Waals surface area (Å²) in [4.78, 5) is 10.1. The third-order valence-electron chi connectivity index (χ3n) is 1.96. The predicted molar refractivity (Wildman–Crippen MR) is 53.1 cm³/mol. The van der Waals surface area contributed by atoms with Gasteiger partial charge in [0.25, 0.3) is 0 Å². The Morgan fingerprint density at radius 1 is 1.33 bits per heavy atom. The van der Waals surface area contributed by atoms with Crippen molar-refractivity contribution in [2.24, 2.45) is 5.92 Å². The maximum absolute atomic E-state index is 10.1. The molecule has 0 saturated heterocycles. The number of rotatable bonds is 6. The summed E-state index contributed by atoms with van der Waals surface area (Å²) in [5.41, 5.74) is 1.20. The Labute approximate surface area is 75.9 Å². The summed E-state index contributed by atoms with van der Waals surface area (Å²) in [6.07, 6.45) is 7.41. The van der Waals surface area contributed by atoms with E-state index in [0.717, 1.165) is 18.6 Å². The molecule has 0 aliphatic carbocycles. The van der Waals surface area contributed by atoms with Crippen LogP contribution in [0.5, 0.6) is 0 Å². The minimum Gasteiger partial charge on any atom is -0.299 e. The smallest absolute Gasteiger partial charge is 0.142 e. The van der Waals surface area contributed by atoms with Gasteiger partial charge in [-0.25, -0.2) is 0 Å². The zero-order valence-electron chi connectivity index (χ0n) is 8.47. The molecule has 0 saturated carbocycles. The average molecular weight is 168 g/mol. The second kappa shape index (κ2) is 7.08. The first-order valence-corrected chi connectivity index (χ1v) is 4.77. The van der Waals surface area contributed by atoms with E-state index in [0.29, 0.717) is 0 Å². The van der Waals surface area contributed by atoms with Gasteiger partial charge in [-0.2, -0.15) is 0 Å². The zero-order valence-corrected chi connectivity index (χ0v) is 8.47. The van der Waals surface area contributed by atoms with Crippen molar-refractivity contribution in [3.05, 3.63) is 11.6 Å². The van der Waals surface area contributed by atoms with Gasteiger partial charge < -0.3 is 0 Å². The van der Waals surface area contributed by atoms with Crippen LogP contribution in [-0.4, -0.2) is 6.29 Å². The van der Waals surface area contributed by atoms with E-state index in [2.05, 4.69) is 13.8 Å². The van der Waals surface area contributed by atoms with Crippen molar-refractivity contribution in [2.45, 2.75) is 46.5 Å². The van der Waals surface area contributed by atoms with Crippen LogP contribution in [0.3, 0.4) is 0 Å². The molecule has 0 heterocycles. The molecular formula is C11H20O. The summed E-state index contributed by atoms with van der Waals surface area (Å²) >= 11 is 0. The fourth-order valence-electron chi connectivity index (χ4n) is 1.16. The summed E-state index contributed by atoms with van der Waals surface area (Å²) in [5, 5.41) is 0. The molecule has 0 bridgehead atoms. The predicted octanol–water partition coefficient (Wildman–Crippen LogP) is 3.35. The molecule has 0 rings (SSSR count). The molecule has 0 aliphatic heterocycles. The fraction of sp³-hybridized carbons (Fsp3) is 0.727. The second-order valence-corrected chi connectivity index (χ2v) is 3.79. The highest BCUT2D eigenvalue weighted by molar-refractivity contribution is 5.65. The van der Waals surface area contributed by atoms with Crippen LogP contribution >= 0.6 is 0 Å². The molecule has 0 amide bonds. The number of allylic oxidation sites excluding steroid dienone is 2. The Hall–Kier alpha value is -0.590. The minimum atomic E-state index is 0.806. The topological polar surface area (TPSA) is 17.1 Å². The summed E-state index contributed by atoms with van der Waals surface area (Å²) in [7, 11) is 0. The van der Waals surface area contributed by atoms with Crippen LogP contribution in [0.15, 0.2) is 11.6 Å². The monoisotopic (exact) mass is 168 g/mol. The first-order chi connectivity index (χ1) is 5.66. The van der Waals surface area contributed by atoms with Crippen molar-refractivity contribution in [2.75, 3.05) is 0 Å². The van der Waals surface area contributed by atoms with E-state index >= 15 is 0 Å². The van der Waals surface area contributed by atoms with Crippen LogP contribution < -0.4 is 0 Å². The second-order valence-electron chi connectivity index (χ2n) is 3.79. The number of unbranched alkanes of at least 4 members (excludes halogenated alkanes) is 1. The maximum atomic E-state index is 10.1. The van der Waals surface area contributed by atoms with Gasteiger partial charge in [-0.05, 0) is 31.8 Å². The highest BCUT2D eigenvalue weighted by Crippen LogP contribution is 2.11. The summed E-state index contributed by atoms with van der Waals surface area (Å²) in [6, 6.07) is 0. The molecule has 0 aromatic rings. The van der Waals surface area contributed by atoms with Gasteiger partial charge in [-0.1, -0.05) is 32.3 Å². The number of hydrogen-bond acceptors (Lipinski definition) is 1. The van der Waals surface area contributed by atoms with Crippen LogP contribution in [-0.2, 0) is 4.79 Å². The lowest BCUT2D eigenvalue weighted by Gasteiger charge is -2.03. The van der Waals surface area contributed by atoms with Crippen molar-refractivity contribution in [3.8, 4) is 0 Å². The van der Waals surface area contributed by atoms with Gasteiger partial charge in [-0.15, -0.1) is 0 Å². The van der Waals surface area contributed by atoms with Crippen molar-refractivity contribution in [1.29, 1.82) is 0 Å². The molecule has 0 radical (unpaired) electrons. The molecule has 0 spiro atoms. The van der Waals surface area contributed by atoms with E-state index in [9.17, 15) is 4.79 Å². The SMILES string of the molecule is CC(=CC=O)CCCCC(C)C. The molecule has 12 heavy (non-hydrogen) atoms. The van der Waals surface area contributed by atoms with Gasteiger partial charge in [0.2, 0.25) is 0 Å². The largest absolute Gasteiger partial charge is 0.299 e. The first-order valence-electron chi connectivity index (χ1n) is 4.77. The number of aldehydes is 1. The molecule has 0 atom stereocenters. The number of carbonyl (C=O) groups is 1. The Bertz CT molecular complexity index is 145. The molecule has 0 N–H and O–H groups in total. The van der Waals surface area contributed by atoms with Crippen LogP contribution in [0.2, 0.25) is 0 Å². The lowest BCUT2D eigenvalue weighted by atomic mass is 10.0. The Morgan fingerprint density at radius 3 is 2.50 bits per heavy atom. The van der Waals surface area contributed by atoms with E-state index in [1.165, 1.54) is 24.8 Å². The van der Waals surface area contributed by atoms with Gasteiger partial charge in [-0.3, -0.25) is 4.79 Å². The normalized spacial score (nSPS) is 12.2. The van der Waals surface area contributed by atoms with Crippen LogP contribution in [0.1, 0.15) is 46.5 Å². The van der Waals surface area contributed by atoms with Crippen LogP contribution in [0.25, 0.3) is 0 Å². The lowest BCUT2D eigenvalue weighted by Crippen LogP contribution is -1.87. The quantitative estimate of drug-likeness (QED) is 0.338.